The van der Waals surface area contributed by atoms with E-state index in [-0.39, 0.29) is 24.6 Å². The van der Waals surface area contributed by atoms with Crippen molar-refractivity contribution in [2.45, 2.75) is 32.9 Å². The van der Waals surface area contributed by atoms with Gasteiger partial charge in [-0.25, -0.2) is 9.59 Å². The van der Waals surface area contributed by atoms with Gasteiger partial charge in [0.25, 0.3) is 5.91 Å². The topological polar surface area (TPSA) is 95.3 Å². The number of hydrogen-bond acceptors (Lipinski definition) is 6. The monoisotopic (exact) mass is 548 g/mol. The molecule has 0 bridgehead atoms. The predicted octanol–water partition coefficient (Wildman–Crippen LogP) is 4.34. The van der Waals surface area contributed by atoms with E-state index >= 15 is 0 Å². The summed E-state index contributed by atoms with van der Waals surface area (Å²) in [6.45, 7) is 8.05. The quantitative estimate of drug-likeness (QED) is 0.517. The van der Waals surface area contributed by atoms with E-state index < -0.39 is 12.0 Å². The maximum Gasteiger partial charge on any atom is 0.338 e. The summed E-state index contributed by atoms with van der Waals surface area (Å²) in [5.74, 6) is -0.361. The standard InChI is InChI=1S/C26H30Cl2N4O5/c1-4-31-20(15-30-10-11-32(16(3)14-30)24(33)21-7-6-12-37-21)22(25(34)36-5-2)23(29-26(31)35)17-8-9-18(27)19(28)13-17/h6-9,12-13,16,23H,4-5,10-11,14-15H2,1-3H3,(H,29,35)/t16-,23-/m0/s1. The van der Waals surface area contributed by atoms with Gasteiger partial charge in [0.15, 0.2) is 5.76 Å². The number of nitrogens with zero attached hydrogens (tertiary/aromatic N) is 3. The summed E-state index contributed by atoms with van der Waals surface area (Å²) in [6.07, 6.45) is 1.48. The van der Waals surface area contributed by atoms with Gasteiger partial charge >= 0.3 is 12.0 Å². The summed E-state index contributed by atoms with van der Waals surface area (Å²) in [5.41, 5.74) is 1.54. The number of nitrogens with one attached hydrogen (secondary N) is 1. The Hall–Kier alpha value is -3.01. The second-order valence-corrected chi connectivity index (χ2v) is 9.76. The number of esters is 1. The zero-order valence-corrected chi connectivity index (χ0v) is 22.5. The van der Waals surface area contributed by atoms with Crippen LogP contribution in [0, 0.1) is 0 Å². The first-order valence-electron chi connectivity index (χ1n) is 12.2. The molecular weight excluding hydrogens is 519 g/mol. The minimum absolute atomic E-state index is 0.101. The molecule has 3 heterocycles. The summed E-state index contributed by atoms with van der Waals surface area (Å²) in [7, 11) is 0. The number of likely N-dealkylation sites (N-methyl/N-ethyl adjacent to an activating group) is 1. The number of hydrogen-bond donors (Lipinski definition) is 1. The Bertz CT molecular complexity index is 1200. The molecule has 0 unspecified atom stereocenters. The first-order chi connectivity index (χ1) is 17.7. The van der Waals surface area contributed by atoms with Crippen LogP contribution in [0.25, 0.3) is 0 Å². The number of carbonyl (C=O) groups excluding carboxylic acids is 3. The van der Waals surface area contributed by atoms with Crippen LogP contribution < -0.4 is 5.32 Å². The first kappa shape index (κ1) is 27.0. The van der Waals surface area contributed by atoms with Crippen LogP contribution in [0.3, 0.4) is 0 Å². The molecule has 0 spiro atoms. The Labute approximate surface area is 225 Å². The molecule has 2 atom stereocenters. The Morgan fingerprint density at radius 2 is 1.95 bits per heavy atom. The Balaban J connectivity index is 1.66. The van der Waals surface area contributed by atoms with Crippen molar-refractivity contribution in [3.63, 3.8) is 0 Å². The summed E-state index contributed by atoms with van der Waals surface area (Å²) in [6, 6.07) is 7.19. The molecule has 1 N–H and O–H groups in total. The smallest absolute Gasteiger partial charge is 0.338 e. The molecule has 37 heavy (non-hydrogen) atoms. The second-order valence-electron chi connectivity index (χ2n) is 8.94. The molecule has 0 aliphatic carbocycles. The third kappa shape index (κ3) is 5.63. The molecule has 1 aromatic heterocycles. The van der Waals surface area contributed by atoms with Crippen LogP contribution in [0.1, 0.15) is 42.9 Å². The van der Waals surface area contributed by atoms with Crippen molar-refractivity contribution in [3.8, 4) is 0 Å². The van der Waals surface area contributed by atoms with Crippen LogP contribution in [0.2, 0.25) is 10.0 Å². The Morgan fingerprint density at radius 3 is 2.57 bits per heavy atom. The summed E-state index contributed by atoms with van der Waals surface area (Å²) in [5, 5.41) is 3.63. The highest BCUT2D eigenvalue weighted by Crippen LogP contribution is 2.35. The lowest BCUT2D eigenvalue weighted by Gasteiger charge is -2.42. The molecule has 4 rings (SSSR count). The molecule has 0 radical (unpaired) electrons. The zero-order valence-electron chi connectivity index (χ0n) is 21.0. The normalized spacial score (nSPS) is 20.7. The van der Waals surface area contributed by atoms with Gasteiger partial charge in [0.2, 0.25) is 0 Å². The van der Waals surface area contributed by atoms with Gasteiger partial charge in [-0.2, -0.15) is 0 Å². The summed E-state index contributed by atoms with van der Waals surface area (Å²) < 4.78 is 10.7. The molecule has 3 amide bonds. The third-order valence-corrected chi connectivity index (χ3v) is 7.34. The molecule has 2 aromatic rings. The van der Waals surface area contributed by atoms with Gasteiger partial charge in [0.05, 0.1) is 34.5 Å². The van der Waals surface area contributed by atoms with Crippen LogP contribution in [0.4, 0.5) is 4.79 Å². The number of ether oxygens (including phenoxy) is 1. The van der Waals surface area contributed by atoms with Gasteiger partial charge in [0, 0.05) is 44.5 Å². The van der Waals surface area contributed by atoms with Crippen LogP contribution >= 0.6 is 23.2 Å². The van der Waals surface area contributed by atoms with Crippen molar-refractivity contribution in [1.29, 1.82) is 0 Å². The van der Waals surface area contributed by atoms with Crippen molar-refractivity contribution in [1.82, 2.24) is 20.0 Å². The average molecular weight is 549 g/mol. The molecule has 9 nitrogen and oxygen atoms in total. The second kappa shape index (κ2) is 11.6. The molecule has 1 saturated heterocycles. The van der Waals surface area contributed by atoms with E-state index in [1.165, 1.54) is 6.26 Å². The van der Waals surface area contributed by atoms with Crippen molar-refractivity contribution < 1.29 is 23.5 Å². The minimum atomic E-state index is -0.752. The van der Waals surface area contributed by atoms with Crippen molar-refractivity contribution in [2.75, 3.05) is 39.3 Å². The maximum absolute atomic E-state index is 13.3. The fraction of sp³-hybridized carbons (Fsp3) is 0.423. The highest BCUT2D eigenvalue weighted by molar-refractivity contribution is 6.42. The molecular formula is C26H30Cl2N4O5. The average Bonchev–Trinajstić information content (AvgIpc) is 3.40. The molecule has 2 aliphatic rings. The molecule has 11 heteroatoms. The minimum Gasteiger partial charge on any atom is -0.463 e. The number of benzene rings is 1. The molecule has 1 aromatic carbocycles. The van der Waals surface area contributed by atoms with Crippen LogP contribution in [-0.2, 0) is 9.53 Å². The van der Waals surface area contributed by atoms with E-state index in [0.717, 1.165) is 0 Å². The highest BCUT2D eigenvalue weighted by atomic mass is 35.5. The van der Waals surface area contributed by atoms with E-state index in [1.807, 2.05) is 13.8 Å². The van der Waals surface area contributed by atoms with Crippen molar-refractivity contribution >= 4 is 41.1 Å². The summed E-state index contributed by atoms with van der Waals surface area (Å²) >= 11 is 12.4. The number of urea groups is 1. The van der Waals surface area contributed by atoms with Gasteiger partial charge in [0.1, 0.15) is 0 Å². The first-order valence-corrected chi connectivity index (χ1v) is 13.0. The number of furan rings is 1. The molecule has 0 saturated carbocycles. The number of carbonyl (C=O) groups is 3. The molecule has 198 valence electrons. The maximum atomic E-state index is 13.3. The van der Waals surface area contributed by atoms with E-state index in [0.29, 0.717) is 65.4 Å². The number of rotatable bonds is 7. The summed E-state index contributed by atoms with van der Waals surface area (Å²) in [4.78, 5) is 44.8. The lowest BCUT2D eigenvalue weighted by atomic mass is 9.94. The van der Waals surface area contributed by atoms with Crippen molar-refractivity contribution in [3.05, 3.63) is 69.2 Å². The van der Waals surface area contributed by atoms with Gasteiger partial charge < -0.3 is 19.4 Å². The van der Waals surface area contributed by atoms with E-state index in [4.69, 9.17) is 32.4 Å². The fourth-order valence-electron chi connectivity index (χ4n) is 4.83. The highest BCUT2D eigenvalue weighted by Gasteiger charge is 2.39. The van der Waals surface area contributed by atoms with E-state index in [1.54, 1.807) is 47.1 Å². The fourth-order valence-corrected chi connectivity index (χ4v) is 5.14. The van der Waals surface area contributed by atoms with Crippen LogP contribution in [0.5, 0.6) is 0 Å². The van der Waals surface area contributed by atoms with Crippen LogP contribution in [0.15, 0.2) is 52.3 Å². The SMILES string of the molecule is CCOC(=O)C1=C(CN2CCN(C(=O)c3ccco3)[C@@H](C)C2)N(CC)C(=O)N[C@H]1c1ccc(Cl)c(Cl)c1. The molecule has 2 aliphatic heterocycles. The number of amides is 3. The largest absolute Gasteiger partial charge is 0.463 e. The molecule has 1 fully saturated rings. The van der Waals surface area contributed by atoms with Crippen LogP contribution in [-0.4, -0.2) is 78.0 Å². The van der Waals surface area contributed by atoms with Gasteiger partial charge in [-0.1, -0.05) is 29.3 Å². The number of piperazine rings is 1. The van der Waals surface area contributed by atoms with Gasteiger partial charge in [-0.3, -0.25) is 14.6 Å². The lowest BCUT2D eigenvalue weighted by Crippen LogP contribution is -2.56. The Morgan fingerprint density at radius 1 is 1.16 bits per heavy atom. The Kier molecular flexibility index (Phi) is 8.46. The van der Waals surface area contributed by atoms with Crippen molar-refractivity contribution in [2.24, 2.45) is 0 Å². The zero-order chi connectivity index (χ0) is 26.7. The van der Waals surface area contributed by atoms with E-state index in [2.05, 4.69) is 10.2 Å². The lowest BCUT2D eigenvalue weighted by molar-refractivity contribution is -0.139. The predicted molar refractivity (Wildman–Crippen MR) is 139 cm³/mol. The number of halogens is 2. The van der Waals surface area contributed by atoms with E-state index in [9.17, 15) is 14.4 Å². The van der Waals surface area contributed by atoms with Gasteiger partial charge in [-0.05, 0) is 50.6 Å². The third-order valence-electron chi connectivity index (χ3n) is 6.60. The van der Waals surface area contributed by atoms with Gasteiger partial charge in [-0.15, -0.1) is 0 Å².